The zero-order valence-electron chi connectivity index (χ0n) is 11.6. The summed E-state index contributed by atoms with van der Waals surface area (Å²) in [6.07, 6.45) is 0. The quantitative estimate of drug-likeness (QED) is 0.632. The lowest BCUT2D eigenvalue weighted by Gasteiger charge is -2.11. The van der Waals surface area contributed by atoms with Crippen LogP contribution in [-0.4, -0.2) is 21.5 Å². The van der Waals surface area contributed by atoms with Crippen LogP contribution in [0.5, 0.6) is 11.5 Å². The Kier molecular flexibility index (Phi) is 4.58. The van der Waals surface area contributed by atoms with Crippen molar-refractivity contribution in [2.45, 2.75) is 0 Å². The molecule has 22 heavy (non-hydrogen) atoms. The van der Waals surface area contributed by atoms with Gasteiger partial charge in [0.2, 0.25) is 7.28 Å². The molecule has 0 radical (unpaired) electrons. The van der Waals surface area contributed by atoms with E-state index < -0.39 is 53.0 Å². The van der Waals surface area contributed by atoms with Gasteiger partial charge in [-0.1, -0.05) is 0 Å². The third-order valence-corrected chi connectivity index (χ3v) is 3.15. The fourth-order valence-electron chi connectivity index (χ4n) is 2.03. The standard InChI is InChI=1S/C14H10BF5O2/c1-21-9-4-3-6(16)10(12(9)19)15-11-7(17)5-8(18)14(22-2)13(11)20/h3-5,15H,1-2H3. The molecule has 0 heterocycles. The maximum atomic E-state index is 14.0. The third kappa shape index (κ3) is 2.73. The predicted molar refractivity (Wildman–Crippen MR) is 72.2 cm³/mol. The number of methoxy groups -OCH3 is 2. The Morgan fingerprint density at radius 1 is 0.773 bits per heavy atom. The second-order valence-corrected chi connectivity index (χ2v) is 4.38. The zero-order chi connectivity index (χ0) is 16.4. The molecule has 0 aliphatic carbocycles. The Morgan fingerprint density at radius 3 is 2.00 bits per heavy atom. The molecule has 8 heteroatoms. The second kappa shape index (κ2) is 6.25. The van der Waals surface area contributed by atoms with Crippen molar-refractivity contribution in [3.63, 3.8) is 0 Å². The lowest BCUT2D eigenvalue weighted by Crippen LogP contribution is -2.37. The highest BCUT2D eigenvalue weighted by atomic mass is 19.2. The van der Waals surface area contributed by atoms with Crippen molar-refractivity contribution in [1.82, 2.24) is 0 Å². The van der Waals surface area contributed by atoms with E-state index in [-0.39, 0.29) is 5.75 Å². The molecule has 0 aliphatic rings. The molecule has 0 saturated heterocycles. The van der Waals surface area contributed by atoms with Gasteiger partial charge in [-0.3, -0.25) is 0 Å². The van der Waals surface area contributed by atoms with E-state index in [0.717, 1.165) is 19.2 Å². The first-order valence-electron chi connectivity index (χ1n) is 6.11. The van der Waals surface area contributed by atoms with Crippen molar-refractivity contribution in [1.29, 1.82) is 0 Å². The molecule has 0 unspecified atom stereocenters. The van der Waals surface area contributed by atoms with Crippen molar-refractivity contribution >= 4 is 18.2 Å². The summed E-state index contributed by atoms with van der Waals surface area (Å²) in [5.74, 6) is -7.02. The molecular formula is C14H10BF5O2. The van der Waals surface area contributed by atoms with Crippen LogP contribution in [0.4, 0.5) is 22.0 Å². The van der Waals surface area contributed by atoms with Gasteiger partial charge in [0.15, 0.2) is 29.0 Å². The number of halogens is 5. The SMILES string of the molecule is COc1ccc(F)c(Bc2c(F)cc(F)c(OC)c2F)c1F. The zero-order valence-corrected chi connectivity index (χ0v) is 11.6. The number of hydrogen-bond donors (Lipinski definition) is 0. The minimum Gasteiger partial charge on any atom is -0.494 e. The summed E-state index contributed by atoms with van der Waals surface area (Å²) in [5.41, 5.74) is -1.30. The first-order valence-corrected chi connectivity index (χ1v) is 6.11. The van der Waals surface area contributed by atoms with Gasteiger partial charge in [-0.15, -0.1) is 0 Å². The number of rotatable bonds is 4. The normalized spacial score (nSPS) is 10.5. The minimum atomic E-state index is -1.35. The maximum Gasteiger partial charge on any atom is 0.208 e. The second-order valence-electron chi connectivity index (χ2n) is 4.38. The molecule has 2 rings (SSSR count). The monoisotopic (exact) mass is 316 g/mol. The highest BCUT2D eigenvalue weighted by Gasteiger charge is 2.24. The van der Waals surface area contributed by atoms with Crippen LogP contribution in [-0.2, 0) is 0 Å². The van der Waals surface area contributed by atoms with Gasteiger partial charge in [-0.2, -0.15) is 0 Å². The van der Waals surface area contributed by atoms with Crippen LogP contribution in [0.2, 0.25) is 0 Å². The molecule has 0 amide bonds. The molecule has 0 bridgehead atoms. The molecule has 0 aliphatic heterocycles. The number of hydrogen-bond acceptors (Lipinski definition) is 2. The Balaban J connectivity index is 2.57. The van der Waals surface area contributed by atoms with Gasteiger partial charge < -0.3 is 9.47 Å². The van der Waals surface area contributed by atoms with Crippen molar-refractivity contribution in [2.75, 3.05) is 14.2 Å². The third-order valence-electron chi connectivity index (χ3n) is 3.15. The Hall–Kier alpha value is -2.25. The van der Waals surface area contributed by atoms with E-state index in [9.17, 15) is 22.0 Å². The molecular weight excluding hydrogens is 306 g/mol. The molecule has 0 atom stereocenters. The molecule has 0 N–H and O–H groups in total. The smallest absolute Gasteiger partial charge is 0.208 e. The molecule has 0 saturated carbocycles. The van der Waals surface area contributed by atoms with Crippen LogP contribution in [0.15, 0.2) is 18.2 Å². The average Bonchev–Trinajstić information content (AvgIpc) is 2.46. The lowest BCUT2D eigenvalue weighted by molar-refractivity contribution is 0.358. The summed E-state index contributed by atoms with van der Waals surface area (Å²) in [6, 6.07) is 2.35. The van der Waals surface area contributed by atoms with Crippen molar-refractivity contribution in [3.05, 3.63) is 47.3 Å². The predicted octanol–water partition coefficient (Wildman–Crippen LogP) is 1.79. The highest BCUT2D eigenvalue weighted by molar-refractivity contribution is 6.67. The van der Waals surface area contributed by atoms with Crippen molar-refractivity contribution in [3.8, 4) is 11.5 Å². The summed E-state index contributed by atoms with van der Waals surface area (Å²) in [5, 5.41) is 0. The summed E-state index contributed by atoms with van der Waals surface area (Å²) in [6.45, 7) is 0. The van der Waals surface area contributed by atoms with Gasteiger partial charge >= 0.3 is 0 Å². The van der Waals surface area contributed by atoms with Crippen LogP contribution in [0.3, 0.4) is 0 Å². The maximum absolute atomic E-state index is 14.0. The lowest BCUT2D eigenvalue weighted by atomic mass is 9.62. The van der Waals surface area contributed by atoms with E-state index in [4.69, 9.17) is 0 Å². The highest BCUT2D eigenvalue weighted by Crippen LogP contribution is 2.21. The van der Waals surface area contributed by atoms with E-state index in [1.165, 1.54) is 7.11 Å². The Morgan fingerprint density at radius 2 is 1.41 bits per heavy atom. The first-order chi connectivity index (χ1) is 10.4. The Bertz CT molecular complexity index is 721. The molecule has 0 aromatic heterocycles. The molecule has 116 valence electrons. The van der Waals surface area contributed by atoms with Gasteiger partial charge in [0.25, 0.3) is 0 Å². The summed E-state index contributed by atoms with van der Waals surface area (Å²) in [7, 11) is 1.40. The molecule has 2 aromatic carbocycles. The van der Waals surface area contributed by atoms with Crippen LogP contribution in [0.25, 0.3) is 0 Å². The van der Waals surface area contributed by atoms with E-state index >= 15 is 0 Å². The van der Waals surface area contributed by atoms with Crippen LogP contribution >= 0.6 is 0 Å². The van der Waals surface area contributed by atoms with E-state index in [1.807, 2.05) is 0 Å². The molecule has 2 aromatic rings. The van der Waals surface area contributed by atoms with Gasteiger partial charge in [-0.05, 0) is 23.1 Å². The minimum absolute atomic E-state index is 0.272. The van der Waals surface area contributed by atoms with Crippen LogP contribution in [0, 0.1) is 29.1 Å². The summed E-state index contributed by atoms with van der Waals surface area (Å²) in [4.78, 5) is 0. The van der Waals surface area contributed by atoms with E-state index in [1.54, 1.807) is 0 Å². The topological polar surface area (TPSA) is 18.5 Å². The molecule has 2 nitrogen and oxygen atoms in total. The van der Waals surface area contributed by atoms with Gasteiger partial charge in [0.1, 0.15) is 11.6 Å². The van der Waals surface area contributed by atoms with Crippen LogP contribution in [0.1, 0.15) is 0 Å². The average molecular weight is 316 g/mol. The fraction of sp³-hybridized carbons (Fsp3) is 0.143. The van der Waals surface area contributed by atoms with Crippen molar-refractivity contribution < 1.29 is 31.4 Å². The summed E-state index contributed by atoms with van der Waals surface area (Å²) < 4.78 is 78.1. The van der Waals surface area contributed by atoms with Gasteiger partial charge in [0, 0.05) is 6.07 Å². The van der Waals surface area contributed by atoms with E-state index in [0.29, 0.717) is 6.07 Å². The Labute approximate surface area is 123 Å². The first kappa shape index (κ1) is 16.1. The fourth-order valence-corrected chi connectivity index (χ4v) is 2.03. The van der Waals surface area contributed by atoms with Crippen LogP contribution < -0.4 is 20.4 Å². The van der Waals surface area contributed by atoms with E-state index in [2.05, 4.69) is 9.47 Å². The molecule has 0 spiro atoms. The number of benzene rings is 2. The van der Waals surface area contributed by atoms with Gasteiger partial charge in [0.05, 0.1) is 14.2 Å². The largest absolute Gasteiger partial charge is 0.494 e. The van der Waals surface area contributed by atoms with Crippen molar-refractivity contribution in [2.24, 2.45) is 0 Å². The number of ether oxygens (including phenoxy) is 2. The molecule has 0 fully saturated rings. The van der Waals surface area contributed by atoms with Gasteiger partial charge in [-0.25, -0.2) is 22.0 Å². The summed E-state index contributed by atoms with van der Waals surface area (Å²) >= 11 is 0.